The Morgan fingerprint density at radius 3 is 1.71 bits per heavy atom. The lowest BCUT2D eigenvalue weighted by Crippen LogP contribution is -2.30. The van der Waals surface area contributed by atoms with E-state index in [0.717, 1.165) is 11.1 Å². The van der Waals surface area contributed by atoms with E-state index >= 15 is 0 Å². The van der Waals surface area contributed by atoms with Gasteiger partial charge in [0.05, 0.1) is 11.4 Å². The molecular formula is C18H22O2S. The van der Waals surface area contributed by atoms with Crippen molar-refractivity contribution in [3.05, 3.63) is 71.8 Å². The highest BCUT2D eigenvalue weighted by Gasteiger charge is 2.34. The first kappa shape index (κ1) is 15.9. The Morgan fingerprint density at radius 1 is 0.857 bits per heavy atom. The molecule has 112 valence electrons. The fourth-order valence-corrected chi connectivity index (χ4v) is 3.83. The van der Waals surface area contributed by atoms with E-state index in [1.54, 1.807) is 0 Å². The molecule has 3 heteroatoms. The van der Waals surface area contributed by atoms with Crippen molar-refractivity contribution in [3.8, 4) is 0 Å². The van der Waals surface area contributed by atoms with Crippen molar-refractivity contribution in [2.75, 3.05) is 0 Å². The van der Waals surface area contributed by atoms with Crippen molar-refractivity contribution < 1.29 is 9.32 Å². The molecule has 2 rings (SSSR count). The van der Waals surface area contributed by atoms with E-state index in [-0.39, 0.29) is 0 Å². The minimum absolute atomic E-state index is 0.393. The normalized spacial score (nSPS) is 16.2. The third-order valence-electron chi connectivity index (χ3n) is 3.39. The summed E-state index contributed by atoms with van der Waals surface area (Å²) in [7, 11) is -1.21. The minimum atomic E-state index is -1.21. The van der Waals surface area contributed by atoms with E-state index < -0.39 is 26.9 Å². The second-order valence-corrected chi connectivity index (χ2v) is 8.42. The largest absolute Gasteiger partial charge is 0.387 e. The summed E-state index contributed by atoms with van der Waals surface area (Å²) < 4.78 is 12.5. The van der Waals surface area contributed by atoms with E-state index in [4.69, 9.17) is 0 Å². The molecule has 0 amide bonds. The molecule has 0 aromatic heterocycles. The monoisotopic (exact) mass is 302 g/mol. The summed E-state index contributed by atoms with van der Waals surface area (Å²) in [6.07, 6.45) is -0.784. The van der Waals surface area contributed by atoms with Gasteiger partial charge in [-0.25, -0.2) is 0 Å². The standard InChI is InChI=1S/C18H22O2S/c1-18(2,3)21(20)17(15-12-8-5-9-13-15)16(19)14-10-6-4-7-11-14/h4-13,16-17,19H,1-3H3/t16-,17-,21?/m1/s1. The van der Waals surface area contributed by atoms with Crippen LogP contribution in [0.3, 0.4) is 0 Å². The van der Waals surface area contributed by atoms with Gasteiger partial charge in [0.15, 0.2) is 0 Å². The zero-order valence-electron chi connectivity index (χ0n) is 12.7. The van der Waals surface area contributed by atoms with Crippen LogP contribution in [-0.2, 0) is 10.8 Å². The van der Waals surface area contributed by atoms with Crippen molar-refractivity contribution >= 4 is 10.8 Å². The highest BCUT2D eigenvalue weighted by Crippen LogP contribution is 2.38. The molecule has 0 bridgehead atoms. The Hall–Kier alpha value is -1.45. The number of aliphatic hydroxyl groups is 1. The van der Waals surface area contributed by atoms with Gasteiger partial charge in [-0.15, -0.1) is 0 Å². The van der Waals surface area contributed by atoms with Crippen molar-refractivity contribution in [1.29, 1.82) is 0 Å². The molecule has 1 N–H and O–H groups in total. The summed E-state index contributed by atoms with van der Waals surface area (Å²) in [6, 6.07) is 19.1. The number of benzene rings is 2. The summed E-state index contributed by atoms with van der Waals surface area (Å²) >= 11 is 0. The molecule has 0 saturated carbocycles. The smallest absolute Gasteiger partial charge is 0.0974 e. The first-order chi connectivity index (χ1) is 9.91. The molecule has 3 atom stereocenters. The second kappa shape index (κ2) is 6.54. The molecule has 0 saturated heterocycles. The summed E-state index contributed by atoms with van der Waals surface area (Å²) in [4.78, 5) is 0. The van der Waals surface area contributed by atoms with Gasteiger partial charge in [-0.05, 0) is 31.9 Å². The summed E-state index contributed by atoms with van der Waals surface area (Å²) in [5.74, 6) is 0. The molecule has 0 aliphatic heterocycles. The van der Waals surface area contributed by atoms with Crippen LogP contribution in [0, 0.1) is 0 Å². The van der Waals surface area contributed by atoms with E-state index in [1.807, 2.05) is 81.4 Å². The molecule has 1 unspecified atom stereocenters. The first-order valence-electron chi connectivity index (χ1n) is 7.10. The molecule has 0 fully saturated rings. The number of hydrogen-bond donors (Lipinski definition) is 1. The number of aliphatic hydroxyl groups excluding tert-OH is 1. The average Bonchev–Trinajstić information content (AvgIpc) is 2.48. The average molecular weight is 302 g/mol. The topological polar surface area (TPSA) is 37.3 Å². The molecule has 0 radical (unpaired) electrons. The van der Waals surface area contributed by atoms with Crippen molar-refractivity contribution in [3.63, 3.8) is 0 Å². The second-order valence-electron chi connectivity index (χ2n) is 6.10. The first-order valence-corrected chi connectivity index (χ1v) is 8.31. The van der Waals surface area contributed by atoms with E-state index in [9.17, 15) is 9.32 Å². The van der Waals surface area contributed by atoms with Crippen molar-refractivity contribution in [2.45, 2.75) is 36.9 Å². The lowest BCUT2D eigenvalue weighted by atomic mass is 10.0. The van der Waals surface area contributed by atoms with Crippen LogP contribution >= 0.6 is 0 Å². The Balaban J connectivity index is 2.44. The summed E-state index contributed by atoms with van der Waals surface area (Å²) in [6.45, 7) is 5.82. The molecule has 2 nitrogen and oxygen atoms in total. The molecular weight excluding hydrogens is 280 g/mol. The molecule has 2 aromatic rings. The zero-order chi connectivity index (χ0) is 15.5. The fraction of sp³-hybridized carbons (Fsp3) is 0.333. The predicted octanol–water partition coefficient (Wildman–Crippen LogP) is 4.01. The van der Waals surface area contributed by atoms with Gasteiger partial charge in [0.25, 0.3) is 0 Å². The van der Waals surface area contributed by atoms with Crippen molar-refractivity contribution in [2.24, 2.45) is 0 Å². The van der Waals surface area contributed by atoms with Gasteiger partial charge < -0.3 is 5.11 Å². The highest BCUT2D eigenvalue weighted by molar-refractivity contribution is 7.86. The lowest BCUT2D eigenvalue weighted by Gasteiger charge is -2.29. The maximum Gasteiger partial charge on any atom is 0.0974 e. The van der Waals surface area contributed by atoms with Crippen LogP contribution in [0.25, 0.3) is 0 Å². The van der Waals surface area contributed by atoms with Crippen molar-refractivity contribution in [1.82, 2.24) is 0 Å². The van der Waals surface area contributed by atoms with Crippen LogP contribution < -0.4 is 0 Å². The van der Waals surface area contributed by atoms with Gasteiger partial charge in [-0.3, -0.25) is 4.21 Å². The maximum atomic E-state index is 12.9. The van der Waals surface area contributed by atoms with Crippen LogP contribution in [0.1, 0.15) is 43.3 Å². The number of hydrogen-bond acceptors (Lipinski definition) is 2. The fourth-order valence-electron chi connectivity index (χ4n) is 2.27. The molecule has 2 aromatic carbocycles. The quantitative estimate of drug-likeness (QED) is 0.926. The van der Waals surface area contributed by atoms with Gasteiger partial charge >= 0.3 is 0 Å². The number of rotatable bonds is 4. The van der Waals surface area contributed by atoms with Crippen LogP contribution in [0.5, 0.6) is 0 Å². The van der Waals surface area contributed by atoms with E-state index in [0.29, 0.717) is 0 Å². The highest BCUT2D eigenvalue weighted by atomic mass is 32.2. The zero-order valence-corrected chi connectivity index (χ0v) is 13.5. The third kappa shape index (κ3) is 3.80. The molecule has 21 heavy (non-hydrogen) atoms. The van der Waals surface area contributed by atoms with Gasteiger partial charge in [0.2, 0.25) is 0 Å². The van der Waals surface area contributed by atoms with E-state index in [2.05, 4.69) is 0 Å². The summed E-state index contributed by atoms with van der Waals surface area (Å²) in [5, 5.41) is 10.3. The van der Waals surface area contributed by atoms with Crippen LogP contribution in [0.4, 0.5) is 0 Å². The Morgan fingerprint density at radius 2 is 1.29 bits per heavy atom. The van der Waals surface area contributed by atoms with Crippen LogP contribution in [0.15, 0.2) is 60.7 Å². The maximum absolute atomic E-state index is 12.9. The Kier molecular flexibility index (Phi) is 4.96. The van der Waals surface area contributed by atoms with Gasteiger partial charge in [-0.1, -0.05) is 60.7 Å². The summed E-state index contributed by atoms with van der Waals surface area (Å²) in [5.41, 5.74) is 1.70. The predicted molar refractivity (Wildman–Crippen MR) is 88.5 cm³/mol. The lowest BCUT2D eigenvalue weighted by molar-refractivity contribution is 0.172. The van der Waals surface area contributed by atoms with Gasteiger partial charge in [0.1, 0.15) is 0 Å². The molecule has 0 spiro atoms. The Labute approximate surface area is 129 Å². The molecule has 0 aliphatic rings. The van der Waals surface area contributed by atoms with Gasteiger partial charge in [-0.2, -0.15) is 0 Å². The van der Waals surface area contributed by atoms with Crippen LogP contribution in [0.2, 0.25) is 0 Å². The Bertz CT molecular complexity index is 588. The third-order valence-corrected chi connectivity index (χ3v) is 5.59. The molecule has 0 aliphatic carbocycles. The minimum Gasteiger partial charge on any atom is -0.387 e. The van der Waals surface area contributed by atoms with Gasteiger partial charge in [0, 0.05) is 15.5 Å². The van der Waals surface area contributed by atoms with E-state index in [1.165, 1.54) is 0 Å². The molecule has 0 heterocycles. The van der Waals surface area contributed by atoms with Crippen LogP contribution in [-0.4, -0.2) is 14.1 Å². The SMILES string of the molecule is CC(C)(C)S(=O)[C@H](c1ccccc1)[C@H](O)c1ccccc1.